The molecule has 1 amide bonds. The minimum absolute atomic E-state index is 0.0390. The first-order valence-electron chi connectivity index (χ1n) is 12.5. The van der Waals surface area contributed by atoms with Crippen molar-refractivity contribution >= 4 is 5.91 Å². The van der Waals surface area contributed by atoms with Crippen LogP contribution in [0.25, 0.3) is 0 Å². The lowest BCUT2D eigenvalue weighted by molar-refractivity contribution is -0.118. The third kappa shape index (κ3) is 5.51. The molecule has 0 radical (unpaired) electrons. The molecule has 7 nitrogen and oxygen atoms in total. The van der Waals surface area contributed by atoms with E-state index in [0.717, 1.165) is 45.4 Å². The monoisotopic (exact) mass is 429 g/mol. The third-order valence-corrected chi connectivity index (χ3v) is 7.75. The van der Waals surface area contributed by atoms with Crippen LogP contribution >= 0.6 is 0 Å². The van der Waals surface area contributed by atoms with E-state index in [2.05, 4.69) is 31.4 Å². The van der Waals surface area contributed by atoms with Gasteiger partial charge >= 0.3 is 0 Å². The molecule has 4 aliphatic heterocycles. The van der Waals surface area contributed by atoms with Crippen LogP contribution in [0, 0.1) is 5.92 Å². The van der Waals surface area contributed by atoms with Gasteiger partial charge in [0.15, 0.2) is 0 Å². The van der Waals surface area contributed by atoms with Gasteiger partial charge in [-0.05, 0) is 63.1 Å². The molecule has 2 atom stereocenters. The van der Waals surface area contributed by atoms with Crippen LogP contribution in [0.2, 0.25) is 0 Å². The zero-order chi connectivity index (χ0) is 21.0. The van der Waals surface area contributed by atoms with Gasteiger partial charge in [-0.1, -0.05) is 6.08 Å². The Morgan fingerprint density at radius 2 is 1.74 bits per heavy atom. The maximum atomic E-state index is 12.5. The average Bonchev–Trinajstić information content (AvgIpc) is 3.55. The summed E-state index contributed by atoms with van der Waals surface area (Å²) in [6.07, 6.45) is 13.7. The number of dihydropyridines is 1. The molecular weight excluding hydrogens is 390 g/mol. The molecule has 4 fully saturated rings. The van der Waals surface area contributed by atoms with Gasteiger partial charge in [0.25, 0.3) is 5.91 Å². The van der Waals surface area contributed by atoms with Crippen LogP contribution < -0.4 is 10.6 Å². The van der Waals surface area contributed by atoms with E-state index < -0.39 is 0 Å². The smallest absolute Gasteiger partial charge is 0.267 e. The zero-order valence-corrected chi connectivity index (χ0v) is 18.8. The van der Waals surface area contributed by atoms with Gasteiger partial charge in [-0.3, -0.25) is 19.5 Å². The molecule has 2 unspecified atom stereocenters. The molecule has 1 aliphatic carbocycles. The molecule has 0 bridgehead atoms. The van der Waals surface area contributed by atoms with Crippen LogP contribution in [0.15, 0.2) is 23.9 Å². The Kier molecular flexibility index (Phi) is 6.93. The van der Waals surface area contributed by atoms with Crippen molar-refractivity contribution in [3.8, 4) is 0 Å². The van der Waals surface area contributed by atoms with E-state index >= 15 is 0 Å². The largest absolute Gasteiger partial charge is 0.380 e. The summed E-state index contributed by atoms with van der Waals surface area (Å²) in [4.78, 5) is 20.4. The summed E-state index contributed by atoms with van der Waals surface area (Å²) < 4.78 is 5.59. The lowest BCUT2D eigenvalue weighted by Gasteiger charge is -2.40. The molecule has 31 heavy (non-hydrogen) atoms. The Morgan fingerprint density at radius 3 is 2.52 bits per heavy atom. The second kappa shape index (κ2) is 10.0. The fraction of sp³-hybridized carbons (Fsp3) is 0.792. The van der Waals surface area contributed by atoms with Crippen molar-refractivity contribution < 1.29 is 9.53 Å². The molecular formula is C24H39N5O2. The van der Waals surface area contributed by atoms with Crippen LogP contribution in [-0.2, 0) is 9.53 Å². The number of amides is 1. The standard InChI is InChI=1S/C24H39N5O2/c30-24(25-17-19-5-6-19)22-3-1-4-23(26-22)29-11-2-10-27(14-15-29)20-7-12-28(13-8-20)21-9-16-31-18-21/h1,3-4,19-21,23,26H,2,5-18H2,(H,25,30). The third-order valence-electron chi connectivity index (χ3n) is 7.75. The van der Waals surface area contributed by atoms with Crippen LogP contribution in [0.3, 0.4) is 0 Å². The summed E-state index contributed by atoms with van der Waals surface area (Å²) in [7, 11) is 0. The van der Waals surface area contributed by atoms with E-state index in [1.807, 2.05) is 12.2 Å². The SMILES string of the molecule is O=C(NCC1CC1)C1=CC=CC(N2CCCN(C3CCN(C4CCOC4)CC3)CC2)N1. The summed E-state index contributed by atoms with van der Waals surface area (Å²) in [5.41, 5.74) is 0.706. The molecule has 0 aromatic heterocycles. The first-order valence-corrected chi connectivity index (χ1v) is 12.5. The fourth-order valence-corrected chi connectivity index (χ4v) is 5.55. The number of carbonyl (C=O) groups is 1. The Morgan fingerprint density at radius 1 is 0.968 bits per heavy atom. The summed E-state index contributed by atoms with van der Waals surface area (Å²) in [5, 5.41) is 6.56. The van der Waals surface area contributed by atoms with Crippen molar-refractivity contribution in [2.24, 2.45) is 5.92 Å². The highest BCUT2D eigenvalue weighted by atomic mass is 16.5. The lowest BCUT2D eigenvalue weighted by atomic mass is 10.0. The van der Waals surface area contributed by atoms with E-state index in [9.17, 15) is 4.79 Å². The molecule has 5 rings (SSSR count). The second-order valence-electron chi connectivity index (χ2n) is 9.92. The highest BCUT2D eigenvalue weighted by molar-refractivity contribution is 5.93. The van der Waals surface area contributed by atoms with Gasteiger partial charge in [0.1, 0.15) is 5.70 Å². The number of ether oxygens (including phenoxy) is 1. The Balaban J connectivity index is 1.08. The number of rotatable bonds is 6. The number of hydrogen-bond acceptors (Lipinski definition) is 6. The van der Waals surface area contributed by atoms with Crippen molar-refractivity contribution in [1.29, 1.82) is 0 Å². The maximum absolute atomic E-state index is 12.5. The average molecular weight is 430 g/mol. The Labute approximate surface area is 186 Å². The van der Waals surface area contributed by atoms with Gasteiger partial charge < -0.3 is 15.4 Å². The summed E-state index contributed by atoms with van der Waals surface area (Å²) in [6.45, 7) is 9.56. The molecule has 3 saturated heterocycles. The predicted molar refractivity (Wildman–Crippen MR) is 121 cm³/mol. The topological polar surface area (TPSA) is 60.1 Å². The quantitative estimate of drug-likeness (QED) is 0.661. The first kappa shape index (κ1) is 21.4. The number of piperidine rings is 1. The van der Waals surface area contributed by atoms with Crippen molar-refractivity contribution in [3.05, 3.63) is 23.9 Å². The van der Waals surface area contributed by atoms with E-state index in [1.165, 1.54) is 58.2 Å². The lowest BCUT2D eigenvalue weighted by Crippen LogP contribution is -2.50. The van der Waals surface area contributed by atoms with Gasteiger partial charge in [0.05, 0.1) is 12.8 Å². The number of likely N-dealkylation sites (tertiary alicyclic amines) is 1. The first-order chi connectivity index (χ1) is 15.3. The molecule has 4 heterocycles. The highest BCUT2D eigenvalue weighted by Crippen LogP contribution is 2.27. The van der Waals surface area contributed by atoms with E-state index in [4.69, 9.17) is 4.74 Å². The van der Waals surface area contributed by atoms with E-state index in [0.29, 0.717) is 17.7 Å². The molecule has 0 aromatic carbocycles. The van der Waals surface area contributed by atoms with Crippen LogP contribution in [0.1, 0.15) is 38.5 Å². The number of hydrogen-bond donors (Lipinski definition) is 2. The Hall–Kier alpha value is -1.41. The number of allylic oxidation sites excluding steroid dienone is 2. The minimum Gasteiger partial charge on any atom is -0.380 e. The number of nitrogens with one attached hydrogen (secondary N) is 2. The second-order valence-corrected chi connectivity index (χ2v) is 9.92. The van der Waals surface area contributed by atoms with Gasteiger partial charge in [-0.15, -0.1) is 0 Å². The number of nitrogens with zero attached hydrogens (tertiary/aromatic N) is 3. The van der Waals surface area contributed by atoms with Crippen LogP contribution in [0.5, 0.6) is 0 Å². The molecule has 0 aromatic rings. The Bertz CT molecular complexity index is 677. The normalized spacial score (nSPS) is 31.8. The number of carbonyl (C=O) groups excluding carboxylic acids is 1. The van der Waals surface area contributed by atoms with Crippen LogP contribution in [0.4, 0.5) is 0 Å². The van der Waals surface area contributed by atoms with Crippen LogP contribution in [-0.4, -0.2) is 97.9 Å². The molecule has 5 aliphatic rings. The predicted octanol–water partition coefficient (Wildman–Crippen LogP) is 1.14. The highest BCUT2D eigenvalue weighted by Gasteiger charge is 2.32. The molecule has 7 heteroatoms. The summed E-state index contributed by atoms with van der Waals surface area (Å²) in [5.74, 6) is 0.742. The van der Waals surface area contributed by atoms with Crippen molar-refractivity contribution in [2.75, 3.05) is 59.0 Å². The van der Waals surface area contributed by atoms with Crippen molar-refractivity contribution in [1.82, 2.24) is 25.3 Å². The van der Waals surface area contributed by atoms with Gasteiger partial charge in [0.2, 0.25) is 0 Å². The molecule has 1 saturated carbocycles. The van der Waals surface area contributed by atoms with Gasteiger partial charge in [0, 0.05) is 58.0 Å². The molecule has 172 valence electrons. The minimum atomic E-state index is 0.0390. The molecule has 2 N–H and O–H groups in total. The van der Waals surface area contributed by atoms with E-state index in [-0.39, 0.29) is 12.1 Å². The van der Waals surface area contributed by atoms with Crippen molar-refractivity contribution in [3.63, 3.8) is 0 Å². The summed E-state index contributed by atoms with van der Waals surface area (Å²) >= 11 is 0. The molecule has 0 spiro atoms. The van der Waals surface area contributed by atoms with Gasteiger partial charge in [-0.25, -0.2) is 0 Å². The van der Waals surface area contributed by atoms with E-state index in [1.54, 1.807) is 0 Å². The fourth-order valence-electron chi connectivity index (χ4n) is 5.55. The zero-order valence-electron chi connectivity index (χ0n) is 18.8. The van der Waals surface area contributed by atoms with Gasteiger partial charge in [-0.2, -0.15) is 0 Å². The maximum Gasteiger partial charge on any atom is 0.267 e. The summed E-state index contributed by atoms with van der Waals surface area (Å²) in [6, 6.07) is 1.38. The van der Waals surface area contributed by atoms with Crippen molar-refractivity contribution in [2.45, 2.75) is 56.8 Å².